The van der Waals surface area contributed by atoms with Crippen molar-refractivity contribution in [2.24, 2.45) is 0 Å². The molecule has 0 heterocycles. The Kier molecular flexibility index (Phi) is 14.7. The molecule has 4 nitrogen and oxygen atoms in total. The molecule has 0 rings (SSSR count). The van der Waals surface area contributed by atoms with Gasteiger partial charge in [0.15, 0.2) is 0 Å². The predicted molar refractivity (Wildman–Crippen MR) is 7.61 cm³/mol. The molecule has 0 saturated carbocycles. The van der Waals surface area contributed by atoms with E-state index in [4.69, 9.17) is 19.2 Å². The van der Waals surface area contributed by atoms with Crippen molar-refractivity contribution in [3.8, 4) is 0 Å². The Bertz CT molecular complexity index is 57.8. The minimum Gasteiger partial charge on any atom is -0.822 e. The molecule has 0 spiro atoms. The van der Waals surface area contributed by atoms with Crippen LogP contribution < -0.4 is 66.1 Å². The second kappa shape index (κ2) is 6.39. The molecule has 0 unspecified atom stereocenters. The van der Waals surface area contributed by atoms with Gasteiger partial charge in [0.1, 0.15) is 0 Å². The van der Waals surface area contributed by atoms with Gasteiger partial charge in [0, 0.05) is 0 Å². The fourth-order valence-corrected chi connectivity index (χ4v) is 0. The topological polar surface area (TPSA) is 86.2 Å². The van der Waals surface area contributed by atoms with E-state index in [0.29, 0.717) is 0 Å². The number of phosphoric acid groups is 1. The maximum absolute atomic E-state index is 8.55. The van der Waals surface area contributed by atoms with Gasteiger partial charge in [-0.1, -0.05) is 0 Å². The summed E-state index contributed by atoms with van der Waals surface area (Å²) in [5.74, 6) is 0. The molecule has 0 fully saturated rings. The van der Waals surface area contributed by atoms with Gasteiger partial charge >= 0.3 is 68.5 Å². The van der Waals surface area contributed by atoms with Crippen molar-refractivity contribution >= 4 is 7.82 Å². The van der Waals surface area contributed by atoms with Crippen molar-refractivity contribution in [3.05, 3.63) is 0 Å². The SMILES string of the molecule is O=P([O-])([O-])[O-].[K+].[Mn+2]. The fraction of sp³-hybridized carbons (Fsp3) is 0. The monoisotopic (exact) mass is 189 g/mol. The molecule has 0 aromatic heterocycles. The van der Waals surface area contributed by atoms with Crippen molar-refractivity contribution in [1.29, 1.82) is 0 Å². The molecule has 7 heavy (non-hydrogen) atoms. The molecule has 0 bridgehead atoms. The molecule has 0 aromatic carbocycles. The average molecular weight is 189 g/mol. The normalized spacial score (nSPS) is 8.43. The minimum atomic E-state index is -5.39. The van der Waals surface area contributed by atoms with Gasteiger partial charge in [0.2, 0.25) is 0 Å². The number of hydrogen-bond acceptors (Lipinski definition) is 4. The molecule has 0 saturated heterocycles. The fourth-order valence-electron chi connectivity index (χ4n) is 0. The molecule has 7 heteroatoms. The minimum absolute atomic E-state index is 0. The second-order valence-electron chi connectivity index (χ2n) is 0.447. The molecule has 0 amide bonds. The Hall–Kier alpha value is 2.27. The van der Waals surface area contributed by atoms with Gasteiger partial charge in [0.25, 0.3) is 0 Å². The Balaban J connectivity index is -0.0000000800. The molecule has 0 aliphatic rings. The van der Waals surface area contributed by atoms with Crippen LogP contribution in [0, 0.1) is 0 Å². The zero-order valence-electron chi connectivity index (χ0n) is 3.46. The van der Waals surface area contributed by atoms with E-state index < -0.39 is 7.82 Å². The molecular formula is KMnO4P. The number of hydrogen-bond donors (Lipinski definition) is 0. The van der Waals surface area contributed by atoms with Gasteiger partial charge in [-0.25, -0.2) is 0 Å². The van der Waals surface area contributed by atoms with Crippen LogP contribution in [-0.4, -0.2) is 0 Å². The van der Waals surface area contributed by atoms with E-state index >= 15 is 0 Å². The van der Waals surface area contributed by atoms with Gasteiger partial charge in [-0.05, 0) is 0 Å². The van der Waals surface area contributed by atoms with Crippen LogP contribution in [0.3, 0.4) is 0 Å². The van der Waals surface area contributed by atoms with Gasteiger partial charge in [0.05, 0.1) is 0 Å². The quantitative estimate of drug-likeness (QED) is 0.280. The van der Waals surface area contributed by atoms with Crippen molar-refractivity contribution in [3.63, 3.8) is 0 Å². The van der Waals surface area contributed by atoms with E-state index in [9.17, 15) is 0 Å². The third-order valence-corrected chi connectivity index (χ3v) is 0. The Morgan fingerprint density at radius 3 is 1.14 bits per heavy atom. The zero-order chi connectivity index (χ0) is 4.50. The van der Waals surface area contributed by atoms with Crippen LogP contribution in [0.25, 0.3) is 0 Å². The predicted octanol–water partition coefficient (Wildman–Crippen LogP) is -5.82. The average Bonchev–Trinajstić information content (AvgIpc) is 0.722. The summed E-state index contributed by atoms with van der Waals surface area (Å²) < 4.78 is 8.55. The molecule has 1 radical (unpaired) electrons. The Labute approximate surface area is 93.8 Å². The van der Waals surface area contributed by atoms with Crippen LogP contribution in [0.1, 0.15) is 0 Å². The van der Waals surface area contributed by atoms with Crippen molar-refractivity contribution in [1.82, 2.24) is 0 Å². The number of rotatable bonds is 0. The smallest absolute Gasteiger partial charge is 0.822 e. The summed E-state index contributed by atoms with van der Waals surface area (Å²) in [6.07, 6.45) is 0. The van der Waals surface area contributed by atoms with E-state index in [1.165, 1.54) is 0 Å². The summed E-state index contributed by atoms with van der Waals surface area (Å²) in [5, 5.41) is 0. The van der Waals surface area contributed by atoms with Crippen molar-refractivity contribution in [2.45, 2.75) is 0 Å². The van der Waals surface area contributed by atoms with Gasteiger partial charge in [-0.2, -0.15) is 7.82 Å². The Morgan fingerprint density at radius 1 is 1.14 bits per heavy atom. The first-order chi connectivity index (χ1) is 2.00. The standard InChI is InChI=1S/K.Mn.H3O4P/c;;1-5(2,3)4/h;;(H3,1,2,3,4)/q+1;+2;/p-3. The summed E-state index contributed by atoms with van der Waals surface area (Å²) in [6.45, 7) is 0. The van der Waals surface area contributed by atoms with E-state index in [-0.39, 0.29) is 68.5 Å². The van der Waals surface area contributed by atoms with Crippen LogP contribution >= 0.6 is 7.82 Å². The summed E-state index contributed by atoms with van der Waals surface area (Å²) in [7, 11) is -5.39. The third-order valence-electron chi connectivity index (χ3n) is 0. The van der Waals surface area contributed by atoms with Crippen LogP contribution in [-0.2, 0) is 21.6 Å². The summed E-state index contributed by atoms with van der Waals surface area (Å²) in [6, 6.07) is 0. The van der Waals surface area contributed by atoms with E-state index in [0.717, 1.165) is 0 Å². The summed E-state index contributed by atoms with van der Waals surface area (Å²) >= 11 is 0. The van der Waals surface area contributed by atoms with Crippen LogP contribution in [0.15, 0.2) is 0 Å². The molecular weight excluding hydrogens is 189 g/mol. The van der Waals surface area contributed by atoms with E-state index in [2.05, 4.69) is 0 Å². The van der Waals surface area contributed by atoms with Gasteiger partial charge in [-0.15, -0.1) is 0 Å². The molecule has 0 aromatic rings. The molecule has 37 valence electrons. The second-order valence-corrected chi connectivity index (χ2v) is 1.34. The van der Waals surface area contributed by atoms with E-state index in [1.807, 2.05) is 0 Å². The largest absolute Gasteiger partial charge is 2.00 e. The van der Waals surface area contributed by atoms with Crippen molar-refractivity contribution < 1.29 is 87.7 Å². The first-order valence-electron chi connectivity index (χ1n) is 0.730. The molecule has 0 N–H and O–H groups in total. The first-order valence-corrected chi connectivity index (χ1v) is 2.19. The van der Waals surface area contributed by atoms with Gasteiger partial charge < -0.3 is 19.2 Å². The molecule has 0 aliphatic carbocycles. The summed E-state index contributed by atoms with van der Waals surface area (Å²) in [4.78, 5) is 25.6. The van der Waals surface area contributed by atoms with Gasteiger partial charge in [-0.3, -0.25) is 0 Å². The first kappa shape index (κ1) is 16.1. The molecule has 0 aliphatic heterocycles. The summed E-state index contributed by atoms with van der Waals surface area (Å²) in [5.41, 5.74) is 0. The van der Waals surface area contributed by atoms with E-state index in [1.54, 1.807) is 0 Å². The maximum Gasteiger partial charge on any atom is 2.00 e. The van der Waals surface area contributed by atoms with Crippen LogP contribution in [0.5, 0.6) is 0 Å². The maximum atomic E-state index is 8.55. The Morgan fingerprint density at radius 2 is 1.14 bits per heavy atom. The third kappa shape index (κ3) is 63.2. The van der Waals surface area contributed by atoms with Crippen LogP contribution in [0.4, 0.5) is 0 Å². The van der Waals surface area contributed by atoms with Crippen LogP contribution in [0.2, 0.25) is 0 Å². The van der Waals surface area contributed by atoms with Crippen molar-refractivity contribution in [2.75, 3.05) is 0 Å². The molecule has 0 atom stereocenters. The zero-order valence-corrected chi connectivity index (χ0v) is 8.66.